The van der Waals surface area contributed by atoms with Gasteiger partial charge in [-0.25, -0.2) is 4.99 Å². The third-order valence-electron chi connectivity index (χ3n) is 6.76. The summed E-state index contributed by atoms with van der Waals surface area (Å²) in [6.45, 7) is 3.19. The molecule has 0 fully saturated rings. The van der Waals surface area contributed by atoms with Crippen LogP contribution in [0.5, 0.6) is 11.5 Å². The molecule has 2 aromatic heterocycles. The molecule has 4 aromatic rings. The molecule has 12 heteroatoms. The van der Waals surface area contributed by atoms with Crippen molar-refractivity contribution in [3.8, 4) is 11.5 Å². The number of nitro benzene ring substituents is 1. The second-order valence-electron chi connectivity index (χ2n) is 9.37. The van der Waals surface area contributed by atoms with E-state index >= 15 is 0 Å². The Hall–Kier alpha value is -4.22. The van der Waals surface area contributed by atoms with E-state index in [1.165, 1.54) is 36.5 Å². The minimum atomic E-state index is -1.14. The topological polar surface area (TPSA) is 126 Å². The number of Topliss-reactive ketones (excluding diaryl/α,β-unsaturated/α-hetero) is 1. The van der Waals surface area contributed by atoms with Crippen LogP contribution in [0.4, 0.5) is 5.69 Å². The number of ether oxygens (including phenoxy) is 2. The Labute approximate surface area is 229 Å². The van der Waals surface area contributed by atoms with Crippen molar-refractivity contribution in [1.29, 1.82) is 0 Å². The van der Waals surface area contributed by atoms with Crippen LogP contribution in [0.2, 0.25) is 5.02 Å². The number of nitrogens with zero attached hydrogens (tertiary/aromatic N) is 3. The molecular weight excluding hydrogens is 546 g/mol. The Morgan fingerprint density at radius 2 is 2.08 bits per heavy atom. The van der Waals surface area contributed by atoms with E-state index in [9.17, 15) is 19.7 Å². The van der Waals surface area contributed by atoms with Crippen LogP contribution in [0, 0.1) is 16.0 Å². The fourth-order valence-electron chi connectivity index (χ4n) is 5.14. The SMILES string of the molecule is CC(=O)[C@H]1[C@H]2c3ccccc3O[C@@]1(C)N=c1s/c(=C/c3ccc(COc4ccc(Cl)cc4[N+](=O)[O-])o3)c(=O)n12. The second-order valence-corrected chi connectivity index (χ2v) is 10.8. The van der Waals surface area contributed by atoms with Crippen molar-refractivity contribution in [1.82, 2.24) is 4.57 Å². The lowest BCUT2D eigenvalue weighted by Gasteiger charge is -2.45. The summed E-state index contributed by atoms with van der Waals surface area (Å²) in [5, 5.41) is 11.5. The smallest absolute Gasteiger partial charge is 0.312 e. The fraction of sp³-hybridized carbons (Fsp3) is 0.222. The molecule has 0 saturated heterocycles. The van der Waals surface area contributed by atoms with Crippen LogP contribution in [0.15, 0.2) is 68.8 Å². The minimum Gasteiger partial charge on any atom is -0.479 e. The number of thiazole rings is 1. The zero-order chi connectivity index (χ0) is 27.5. The molecule has 2 aliphatic rings. The molecule has 2 bridgehead atoms. The number of halogens is 1. The van der Waals surface area contributed by atoms with Gasteiger partial charge in [-0.1, -0.05) is 41.1 Å². The van der Waals surface area contributed by atoms with Gasteiger partial charge in [-0.05, 0) is 44.2 Å². The van der Waals surface area contributed by atoms with E-state index in [2.05, 4.69) is 0 Å². The van der Waals surface area contributed by atoms with Gasteiger partial charge in [0.25, 0.3) is 5.56 Å². The average molecular weight is 566 g/mol. The first-order chi connectivity index (χ1) is 18.6. The Morgan fingerprint density at radius 3 is 2.85 bits per heavy atom. The van der Waals surface area contributed by atoms with Crippen molar-refractivity contribution < 1.29 is 23.6 Å². The summed E-state index contributed by atoms with van der Waals surface area (Å²) in [5.74, 6) is 0.663. The molecule has 3 atom stereocenters. The van der Waals surface area contributed by atoms with E-state index in [0.29, 0.717) is 26.6 Å². The number of rotatable bonds is 6. The molecule has 0 saturated carbocycles. The molecule has 2 aromatic carbocycles. The largest absolute Gasteiger partial charge is 0.479 e. The summed E-state index contributed by atoms with van der Waals surface area (Å²) in [6, 6.07) is 14.3. The number of ketones is 1. The predicted octanol–water partition coefficient (Wildman–Crippen LogP) is 4.01. The number of benzene rings is 2. The van der Waals surface area contributed by atoms with Crippen LogP contribution in [0.3, 0.4) is 0 Å². The van der Waals surface area contributed by atoms with Crippen LogP contribution >= 0.6 is 22.9 Å². The highest BCUT2D eigenvalue weighted by Gasteiger charge is 2.53. The Kier molecular flexibility index (Phi) is 5.92. The number of hydrogen-bond acceptors (Lipinski definition) is 9. The Morgan fingerprint density at radius 1 is 1.28 bits per heavy atom. The van der Waals surface area contributed by atoms with Crippen LogP contribution in [-0.4, -0.2) is 21.0 Å². The first-order valence-corrected chi connectivity index (χ1v) is 13.1. The number of para-hydroxylation sites is 1. The summed E-state index contributed by atoms with van der Waals surface area (Å²) >= 11 is 7.04. The third-order valence-corrected chi connectivity index (χ3v) is 7.98. The zero-order valence-electron chi connectivity index (χ0n) is 20.6. The normalized spacial score (nSPS) is 21.4. The summed E-state index contributed by atoms with van der Waals surface area (Å²) in [5.41, 5.74) is -0.930. The average Bonchev–Trinajstić information content (AvgIpc) is 3.45. The van der Waals surface area contributed by atoms with Gasteiger partial charge in [0.2, 0.25) is 5.72 Å². The highest BCUT2D eigenvalue weighted by Crippen LogP contribution is 2.47. The number of fused-ring (bicyclic) bond motifs is 6. The predicted molar refractivity (Wildman–Crippen MR) is 142 cm³/mol. The maximum atomic E-state index is 13.6. The Bertz CT molecular complexity index is 1840. The fourth-order valence-corrected chi connectivity index (χ4v) is 6.38. The minimum absolute atomic E-state index is 0.0549. The molecule has 6 rings (SSSR count). The van der Waals surface area contributed by atoms with Crippen LogP contribution in [-0.2, 0) is 11.4 Å². The van der Waals surface area contributed by atoms with E-state index in [1.54, 1.807) is 29.7 Å². The number of hydrogen-bond donors (Lipinski definition) is 0. The number of aromatic nitrogens is 1. The van der Waals surface area contributed by atoms with E-state index in [0.717, 1.165) is 5.56 Å². The lowest BCUT2D eigenvalue weighted by Crippen LogP contribution is -2.58. The van der Waals surface area contributed by atoms with Gasteiger partial charge < -0.3 is 13.9 Å². The van der Waals surface area contributed by atoms with Gasteiger partial charge >= 0.3 is 5.69 Å². The molecule has 0 amide bonds. The maximum Gasteiger partial charge on any atom is 0.312 e. The second kappa shape index (κ2) is 9.21. The number of nitro groups is 1. The van der Waals surface area contributed by atoms with Crippen molar-refractivity contribution in [2.45, 2.75) is 32.2 Å². The van der Waals surface area contributed by atoms with E-state index in [4.69, 9.17) is 30.5 Å². The van der Waals surface area contributed by atoms with Crippen LogP contribution < -0.4 is 24.4 Å². The molecular formula is C27H20ClN3O7S. The molecule has 198 valence electrons. The van der Waals surface area contributed by atoms with Gasteiger partial charge in [0, 0.05) is 22.7 Å². The van der Waals surface area contributed by atoms with E-state index in [-0.39, 0.29) is 34.4 Å². The van der Waals surface area contributed by atoms with Gasteiger partial charge in [-0.3, -0.25) is 24.3 Å². The summed E-state index contributed by atoms with van der Waals surface area (Å²) < 4.78 is 19.5. The van der Waals surface area contributed by atoms with E-state index in [1.807, 2.05) is 24.3 Å². The maximum absolute atomic E-state index is 13.6. The molecule has 0 radical (unpaired) electrons. The van der Waals surface area contributed by atoms with Crippen molar-refractivity contribution in [3.05, 3.63) is 107 Å². The summed E-state index contributed by atoms with van der Waals surface area (Å²) in [6.07, 6.45) is 1.60. The standard InChI is InChI=1S/C27H20ClN3O7S/c1-14(32)23-24-18-5-3-4-6-20(18)38-27(23,2)29-26-30(24)25(33)22(39-26)12-16-8-9-17(37-16)13-36-21-10-7-15(28)11-19(21)31(34)35/h3-12,23-24H,13H2,1-2H3/b22-12+/t23-,24+,27+/m0/s1. The molecule has 0 spiro atoms. The van der Waals surface area contributed by atoms with Gasteiger partial charge in [-0.15, -0.1) is 0 Å². The summed E-state index contributed by atoms with van der Waals surface area (Å²) in [7, 11) is 0. The van der Waals surface area contributed by atoms with Crippen molar-refractivity contribution in [2.75, 3.05) is 0 Å². The molecule has 0 aliphatic carbocycles. The third kappa shape index (κ3) is 4.23. The number of furan rings is 1. The van der Waals surface area contributed by atoms with Gasteiger partial charge in [0.15, 0.2) is 10.6 Å². The molecule has 39 heavy (non-hydrogen) atoms. The summed E-state index contributed by atoms with van der Waals surface area (Å²) in [4.78, 5) is 42.3. The van der Waals surface area contributed by atoms with Crippen molar-refractivity contribution in [3.63, 3.8) is 0 Å². The highest BCUT2D eigenvalue weighted by molar-refractivity contribution is 7.07. The molecule has 0 N–H and O–H groups in total. The lowest BCUT2D eigenvalue weighted by molar-refractivity contribution is -0.385. The number of carbonyl (C=O) groups is 1. The quantitative estimate of drug-likeness (QED) is 0.255. The molecule has 0 unspecified atom stereocenters. The highest BCUT2D eigenvalue weighted by atomic mass is 35.5. The number of carbonyl (C=O) groups excluding carboxylic acids is 1. The van der Waals surface area contributed by atoms with Crippen LogP contribution in [0.1, 0.15) is 37.0 Å². The van der Waals surface area contributed by atoms with Gasteiger partial charge in [0.1, 0.15) is 35.6 Å². The van der Waals surface area contributed by atoms with Gasteiger partial charge in [-0.2, -0.15) is 0 Å². The first kappa shape index (κ1) is 25.1. The molecule has 10 nitrogen and oxygen atoms in total. The van der Waals surface area contributed by atoms with E-state index < -0.39 is 22.6 Å². The zero-order valence-corrected chi connectivity index (χ0v) is 22.2. The van der Waals surface area contributed by atoms with Crippen molar-refractivity contribution >= 4 is 40.5 Å². The molecule has 4 heterocycles. The van der Waals surface area contributed by atoms with Crippen LogP contribution in [0.25, 0.3) is 6.08 Å². The lowest BCUT2D eigenvalue weighted by atomic mass is 9.79. The Balaban J connectivity index is 1.35. The molecule has 2 aliphatic heterocycles. The first-order valence-electron chi connectivity index (χ1n) is 11.9. The monoisotopic (exact) mass is 565 g/mol. The van der Waals surface area contributed by atoms with Gasteiger partial charge in [0.05, 0.1) is 15.5 Å². The van der Waals surface area contributed by atoms with Crippen molar-refractivity contribution in [2.24, 2.45) is 10.9 Å².